The number of carbonyl (C=O) groups is 3. The van der Waals surface area contributed by atoms with Gasteiger partial charge in [-0.25, -0.2) is 19.6 Å². The van der Waals surface area contributed by atoms with Gasteiger partial charge in [0.2, 0.25) is 5.78 Å². The van der Waals surface area contributed by atoms with Gasteiger partial charge in [0.15, 0.2) is 0 Å². The van der Waals surface area contributed by atoms with E-state index < -0.39 is 11.2 Å². The first kappa shape index (κ1) is 35.2. The summed E-state index contributed by atoms with van der Waals surface area (Å²) in [6.45, 7) is 14.5. The number of piperazine rings is 2. The van der Waals surface area contributed by atoms with Crippen molar-refractivity contribution >= 4 is 29.6 Å². The normalized spacial score (nSPS) is 15.5. The van der Waals surface area contributed by atoms with Gasteiger partial charge >= 0.3 is 12.2 Å². The zero-order valence-electron chi connectivity index (χ0n) is 30.0. The van der Waals surface area contributed by atoms with Gasteiger partial charge in [-0.1, -0.05) is 18.2 Å². The van der Waals surface area contributed by atoms with Crippen molar-refractivity contribution in [2.45, 2.75) is 52.7 Å². The van der Waals surface area contributed by atoms with Crippen LogP contribution in [0.4, 0.5) is 15.3 Å². The molecule has 2 aromatic heterocycles. The van der Waals surface area contributed by atoms with E-state index in [1.165, 1.54) is 0 Å². The maximum atomic E-state index is 14.2. The van der Waals surface area contributed by atoms with Crippen molar-refractivity contribution < 1.29 is 23.9 Å². The van der Waals surface area contributed by atoms with Crippen molar-refractivity contribution in [3.63, 3.8) is 0 Å². The number of amides is 3. The van der Waals surface area contributed by atoms with Crippen LogP contribution in [0.15, 0.2) is 61.1 Å². The highest BCUT2D eigenvalue weighted by Gasteiger charge is 2.32. The quantitative estimate of drug-likeness (QED) is 0.264. The molecule has 0 bridgehead atoms. The second kappa shape index (κ2) is 13.9. The highest BCUT2D eigenvalue weighted by molar-refractivity contribution is 6.01. The number of imidazole rings is 1. The van der Waals surface area contributed by atoms with Crippen LogP contribution < -0.4 is 4.90 Å². The summed E-state index contributed by atoms with van der Waals surface area (Å²) in [6, 6.07) is 15.3. The van der Waals surface area contributed by atoms with Crippen molar-refractivity contribution in [1.82, 2.24) is 29.1 Å². The number of aromatic nitrogens is 3. The number of carbonyl (C=O) groups excluding carboxylic acids is 3. The monoisotopic (exact) mass is 692 g/mol. The fraction of sp³-hybridized carbons (Fsp3) is 0.421. The van der Waals surface area contributed by atoms with Crippen molar-refractivity contribution in [3.05, 3.63) is 72.2 Å². The summed E-state index contributed by atoms with van der Waals surface area (Å²) < 4.78 is 13.1. The Morgan fingerprint density at radius 3 is 1.78 bits per heavy atom. The Morgan fingerprint density at radius 1 is 0.686 bits per heavy atom. The molecule has 51 heavy (non-hydrogen) atoms. The Morgan fingerprint density at radius 2 is 1.22 bits per heavy atom. The summed E-state index contributed by atoms with van der Waals surface area (Å²) in [5, 5.41) is 9.23. The molecule has 2 aliphatic rings. The van der Waals surface area contributed by atoms with Gasteiger partial charge in [0.25, 0.3) is 5.91 Å². The number of anilines is 1. The van der Waals surface area contributed by atoms with Gasteiger partial charge in [0.1, 0.15) is 11.2 Å². The number of ether oxygens (including phenoxy) is 2. The van der Waals surface area contributed by atoms with Crippen LogP contribution in [-0.4, -0.2) is 111 Å². The number of nitrogens with zero attached hydrogens (tertiary/aromatic N) is 8. The van der Waals surface area contributed by atoms with E-state index in [2.05, 4.69) is 20.9 Å². The number of hydrogen-bond donors (Lipinski definition) is 0. The summed E-state index contributed by atoms with van der Waals surface area (Å²) in [6.07, 6.45) is 4.76. The van der Waals surface area contributed by atoms with Gasteiger partial charge in [-0.15, -0.1) is 0 Å². The van der Waals surface area contributed by atoms with E-state index in [4.69, 9.17) is 9.47 Å². The molecule has 0 saturated carbocycles. The molecule has 0 unspecified atom stereocenters. The lowest BCUT2D eigenvalue weighted by molar-refractivity contribution is 0.0140. The van der Waals surface area contributed by atoms with Gasteiger partial charge in [-0.05, 0) is 71.4 Å². The molecule has 0 N–H and O–H groups in total. The third-order valence-electron chi connectivity index (χ3n) is 8.73. The number of nitriles is 1. The molecule has 4 aromatic rings. The first-order valence-corrected chi connectivity index (χ1v) is 17.2. The predicted octanol–water partition coefficient (Wildman–Crippen LogP) is 5.68. The fourth-order valence-electron chi connectivity index (χ4n) is 6.15. The first-order valence-electron chi connectivity index (χ1n) is 17.2. The van der Waals surface area contributed by atoms with Gasteiger partial charge in [0, 0.05) is 75.9 Å². The maximum Gasteiger partial charge on any atom is 0.410 e. The average molecular weight is 693 g/mol. The summed E-state index contributed by atoms with van der Waals surface area (Å²) in [7, 11) is 0. The molecule has 266 valence electrons. The molecule has 0 atom stereocenters. The van der Waals surface area contributed by atoms with Crippen LogP contribution >= 0.6 is 0 Å². The summed E-state index contributed by atoms with van der Waals surface area (Å²) in [4.78, 5) is 56.0. The fourth-order valence-corrected chi connectivity index (χ4v) is 6.15. The molecule has 2 fully saturated rings. The van der Waals surface area contributed by atoms with Crippen LogP contribution in [0.1, 0.15) is 57.5 Å². The van der Waals surface area contributed by atoms with E-state index in [9.17, 15) is 19.6 Å². The Labute approximate surface area is 298 Å². The lowest BCUT2D eigenvalue weighted by Crippen LogP contribution is -2.52. The average Bonchev–Trinajstić information content (AvgIpc) is 3.53. The van der Waals surface area contributed by atoms with E-state index in [1.54, 1.807) is 39.2 Å². The van der Waals surface area contributed by atoms with Crippen molar-refractivity contribution in [3.8, 4) is 28.5 Å². The van der Waals surface area contributed by atoms with Crippen LogP contribution in [0.2, 0.25) is 0 Å². The van der Waals surface area contributed by atoms with Gasteiger partial charge in [0.05, 0.1) is 34.8 Å². The lowest BCUT2D eigenvalue weighted by atomic mass is 10.0. The zero-order chi connectivity index (χ0) is 36.5. The third kappa shape index (κ3) is 8.06. The van der Waals surface area contributed by atoms with Crippen LogP contribution in [0.3, 0.4) is 0 Å². The Kier molecular flexibility index (Phi) is 9.62. The highest BCUT2D eigenvalue weighted by atomic mass is 16.6. The summed E-state index contributed by atoms with van der Waals surface area (Å²) in [5.74, 6) is 0.412. The topological polar surface area (TPSA) is 137 Å². The molecule has 3 amide bonds. The number of rotatable bonds is 4. The Balaban J connectivity index is 1.29. The van der Waals surface area contributed by atoms with Gasteiger partial charge in [-0.2, -0.15) is 5.26 Å². The Bertz CT molecular complexity index is 1970. The second-order valence-electron chi connectivity index (χ2n) is 14.8. The van der Waals surface area contributed by atoms with Crippen LogP contribution in [0.25, 0.3) is 28.2 Å². The summed E-state index contributed by atoms with van der Waals surface area (Å²) in [5.41, 5.74) is 4.10. The summed E-state index contributed by atoms with van der Waals surface area (Å²) >= 11 is 0. The maximum absolute atomic E-state index is 14.2. The van der Waals surface area contributed by atoms with Gasteiger partial charge < -0.3 is 29.1 Å². The van der Waals surface area contributed by atoms with E-state index >= 15 is 0 Å². The molecule has 13 nitrogen and oxygen atoms in total. The Hall–Kier alpha value is -5.64. The third-order valence-corrected chi connectivity index (χ3v) is 8.73. The molecule has 0 radical (unpaired) electrons. The van der Waals surface area contributed by atoms with Crippen LogP contribution in [-0.2, 0) is 9.47 Å². The van der Waals surface area contributed by atoms with Gasteiger partial charge in [-0.3, -0.25) is 9.20 Å². The minimum atomic E-state index is -0.600. The van der Waals surface area contributed by atoms with E-state index in [0.717, 1.165) is 28.1 Å². The van der Waals surface area contributed by atoms with E-state index in [0.29, 0.717) is 69.3 Å². The molecule has 2 aliphatic heterocycles. The molecule has 0 aliphatic carbocycles. The van der Waals surface area contributed by atoms with Crippen LogP contribution in [0, 0.1) is 11.3 Å². The second-order valence-corrected chi connectivity index (χ2v) is 14.8. The SMILES string of the molecule is CC(C)(C)OC(=O)N1CCN(C(=O)c2ccc(-c3cnc4ncc(-c5ccc(C#N)cc5)n4c3)cc2N2CCN(C(=O)OC(C)(C)C)CC2)CC1. The molecule has 2 saturated heterocycles. The largest absolute Gasteiger partial charge is 0.444 e. The molecular weight excluding hydrogens is 648 g/mol. The minimum absolute atomic E-state index is 0.124. The van der Waals surface area contributed by atoms with Crippen molar-refractivity contribution in [2.75, 3.05) is 57.3 Å². The molecular formula is C38H44N8O5. The van der Waals surface area contributed by atoms with Crippen LogP contribution in [0.5, 0.6) is 0 Å². The lowest BCUT2D eigenvalue weighted by Gasteiger charge is -2.39. The standard InChI is InChI=1S/C38H44N8O5/c1-37(2,3)50-35(48)44-17-13-42(14-18-44)31-21-28(11-12-30(31)33(47)43-15-19-45(20-16-43)36(49)51-38(4,5)6)29-23-40-34-41-24-32(46(34)25-29)27-9-7-26(22-39)8-10-27/h7-12,21,23-25H,13-20H2,1-6H3. The zero-order valence-corrected chi connectivity index (χ0v) is 30.0. The van der Waals surface area contributed by atoms with Crippen molar-refractivity contribution in [2.24, 2.45) is 0 Å². The van der Waals surface area contributed by atoms with E-state index in [1.807, 2.05) is 82.5 Å². The van der Waals surface area contributed by atoms with Crippen molar-refractivity contribution in [1.29, 1.82) is 5.26 Å². The smallest absolute Gasteiger partial charge is 0.410 e. The molecule has 6 rings (SSSR count). The molecule has 13 heteroatoms. The molecule has 2 aromatic carbocycles. The molecule has 4 heterocycles. The number of fused-ring (bicyclic) bond motifs is 1. The number of benzene rings is 2. The molecule has 0 spiro atoms. The predicted molar refractivity (Wildman–Crippen MR) is 192 cm³/mol. The van der Waals surface area contributed by atoms with E-state index in [-0.39, 0.29) is 18.1 Å². The minimum Gasteiger partial charge on any atom is -0.444 e. The number of hydrogen-bond acceptors (Lipinski definition) is 9. The highest BCUT2D eigenvalue weighted by Crippen LogP contribution is 2.32. The first-order chi connectivity index (χ1) is 24.2.